The predicted octanol–water partition coefficient (Wildman–Crippen LogP) is 3.21. The third-order valence-electron chi connectivity index (χ3n) is 4.33. The number of Topliss-reactive ketones (excluding diaryl/α,β-unsaturated/α-hetero) is 1. The number of amides is 1. The van der Waals surface area contributed by atoms with E-state index in [1.54, 1.807) is 4.90 Å². The fourth-order valence-corrected chi connectivity index (χ4v) is 3.13. The first-order valence-electron chi connectivity index (χ1n) is 7.92. The van der Waals surface area contributed by atoms with Gasteiger partial charge in [-0.15, -0.1) is 0 Å². The molecule has 3 nitrogen and oxygen atoms in total. The molecule has 1 atom stereocenters. The smallest absolute Gasteiger partial charge is 0.234 e. The van der Waals surface area contributed by atoms with Gasteiger partial charge in [0.05, 0.1) is 5.92 Å². The van der Waals surface area contributed by atoms with Crippen LogP contribution in [0, 0.1) is 6.92 Å². The van der Waals surface area contributed by atoms with Gasteiger partial charge in [-0.25, -0.2) is 0 Å². The van der Waals surface area contributed by atoms with Crippen molar-refractivity contribution in [3.05, 3.63) is 78.7 Å². The molecule has 1 radical (unpaired) electrons. The lowest BCUT2D eigenvalue weighted by Crippen LogP contribution is -2.47. The fraction of sp³-hybridized carbons (Fsp3) is 0.250. The van der Waals surface area contributed by atoms with Crippen LogP contribution in [0.2, 0.25) is 0 Å². The van der Waals surface area contributed by atoms with Crippen molar-refractivity contribution in [2.75, 3.05) is 6.54 Å². The Morgan fingerprint density at radius 2 is 1.52 bits per heavy atom. The van der Waals surface area contributed by atoms with Crippen LogP contribution in [0.5, 0.6) is 0 Å². The van der Waals surface area contributed by atoms with E-state index in [0.717, 1.165) is 11.1 Å². The van der Waals surface area contributed by atoms with Gasteiger partial charge in [0.15, 0.2) is 0 Å². The molecule has 0 aromatic heterocycles. The molecule has 1 heterocycles. The van der Waals surface area contributed by atoms with Gasteiger partial charge in [0.25, 0.3) is 0 Å². The molecular formula is C20H20NO2. The minimum atomic E-state index is -0.352. The zero-order valence-corrected chi connectivity index (χ0v) is 13.0. The van der Waals surface area contributed by atoms with Crippen LogP contribution in [0.3, 0.4) is 0 Å². The Bertz CT molecular complexity index is 642. The van der Waals surface area contributed by atoms with E-state index in [-0.39, 0.29) is 23.7 Å². The van der Waals surface area contributed by atoms with Crippen LogP contribution in [0.4, 0.5) is 0 Å². The van der Waals surface area contributed by atoms with Crippen LogP contribution in [0.15, 0.2) is 60.7 Å². The molecule has 1 aliphatic heterocycles. The van der Waals surface area contributed by atoms with Crippen molar-refractivity contribution in [1.82, 2.24) is 4.90 Å². The highest BCUT2D eigenvalue weighted by Crippen LogP contribution is 2.29. The molecule has 117 valence electrons. The summed E-state index contributed by atoms with van der Waals surface area (Å²) in [4.78, 5) is 26.5. The summed E-state index contributed by atoms with van der Waals surface area (Å²) in [6.45, 7) is 4.46. The maximum atomic E-state index is 13.2. The molecule has 0 saturated carbocycles. The fourth-order valence-electron chi connectivity index (χ4n) is 3.13. The molecule has 0 spiro atoms. The van der Waals surface area contributed by atoms with Gasteiger partial charge in [-0.3, -0.25) is 9.59 Å². The number of hydrogen-bond donors (Lipinski definition) is 0. The average molecular weight is 306 g/mol. The van der Waals surface area contributed by atoms with Crippen molar-refractivity contribution in [2.45, 2.75) is 24.8 Å². The van der Waals surface area contributed by atoms with E-state index in [4.69, 9.17) is 0 Å². The van der Waals surface area contributed by atoms with Gasteiger partial charge in [0.1, 0.15) is 5.78 Å². The number of piperidine rings is 1. The van der Waals surface area contributed by atoms with Crippen molar-refractivity contribution in [1.29, 1.82) is 0 Å². The van der Waals surface area contributed by atoms with Gasteiger partial charge in [-0.1, -0.05) is 60.7 Å². The molecule has 0 N–H and O–H groups in total. The average Bonchev–Trinajstić information content (AvgIpc) is 2.57. The van der Waals surface area contributed by atoms with Crippen molar-refractivity contribution in [2.24, 2.45) is 0 Å². The van der Waals surface area contributed by atoms with Gasteiger partial charge in [-0.05, 0) is 18.1 Å². The number of carbonyl (C=O) groups excluding carboxylic acids is 2. The van der Waals surface area contributed by atoms with Crippen LogP contribution in [-0.4, -0.2) is 29.2 Å². The Morgan fingerprint density at radius 1 is 1.00 bits per heavy atom. The summed E-state index contributed by atoms with van der Waals surface area (Å²) < 4.78 is 0. The largest absolute Gasteiger partial charge is 0.338 e. The maximum absolute atomic E-state index is 13.2. The van der Waals surface area contributed by atoms with Crippen LogP contribution >= 0.6 is 0 Å². The minimum Gasteiger partial charge on any atom is -0.338 e. The monoisotopic (exact) mass is 306 g/mol. The molecule has 0 bridgehead atoms. The molecule has 1 saturated heterocycles. The second-order valence-electron chi connectivity index (χ2n) is 5.93. The molecule has 1 amide bonds. The molecular weight excluding hydrogens is 286 g/mol. The normalized spacial score (nSPS) is 18.3. The van der Waals surface area contributed by atoms with Crippen molar-refractivity contribution in [3.63, 3.8) is 0 Å². The summed E-state index contributed by atoms with van der Waals surface area (Å²) in [5.41, 5.74) is 1.93. The molecule has 2 aromatic rings. The highest BCUT2D eigenvalue weighted by Gasteiger charge is 2.33. The summed E-state index contributed by atoms with van der Waals surface area (Å²) in [6.07, 6.45) is 0.774. The molecule has 0 unspecified atom stereocenters. The Labute approximate surface area is 136 Å². The van der Waals surface area contributed by atoms with E-state index in [0.29, 0.717) is 19.4 Å². The first kappa shape index (κ1) is 15.5. The molecule has 1 aliphatic rings. The SMILES string of the molecule is [CH2][C@H]1CC(=O)CCN1C(=O)C(c1ccccc1)c1ccccc1. The topological polar surface area (TPSA) is 37.4 Å². The number of benzene rings is 2. The molecule has 23 heavy (non-hydrogen) atoms. The number of nitrogens with zero attached hydrogens (tertiary/aromatic N) is 1. The van der Waals surface area contributed by atoms with Gasteiger partial charge >= 0.3 is 0 Å². The third kappa shape index (κ3) is 3.34. The summed E-state index contributed by atoms with van der Waals surface area (Å²) in [5.74, 6) is -0.144. The van der Waals surface area contributed by atoms with Crippen molar-refractivity contribution >= 4 is 11.7 Å². The second-order valence-corrected chi connectivity index (χ2v) is 5.93. The van der Waals surface area contributed by atoms with Crippen molar-refractivity contribution < 1.29 is 9.59 Å². The summed E-state index contributed by atoms with van der Waals surface area (Å²) in [6, 6.07) is 19.3. The van der Waals surface area contributed by atoms with E-state index >= 15 is 0 Å². The van der Waals surface area contributed by atoms with E-state index in [9.17, 15) is 9.59 Å². The highest BCUT2D eigenvalue weighted by atomic mass is 16.2. The minimum absolute atomic E-state index is 0.0231. The predicted molar refractivity (Wildman–Crippen MR) is 89.8 cm³/mol. The van der Waals surface area contributed by atoms with E-state index in [1.807, 2.05) is 60.7 Å². The molecule has 3 heteroatoms. The summed E-state index contributed by atoms with van der Waals surface area (Å²) in [7, 11) is 0. The van der Waals surface area contributed by atoms with E-state index < -0.39 is 0 Å². The third-order valence-corrected chi connectivity index (χ3v) is 4.33. The standard InChI is InChI=1S/C20H20NO2/c1-15-14-18(22)12-13-21(15)20(23)19(16-8-4-2-5-9-16)17-10-6-3-7-11-17/h2-11,15,19H,1,12-14H2/t15-/m0/s1. The first-order chi connectivity index (χ1) is 11.2. The molecule has 0 aliphatic carbocycles. The van der Waals surface area contributed by atoms with E-state index in [1.165, 1.54) is 0 Å². The zero-order chi connectivity index (χ0) is 16.2. The summed E-state index contributed by atoms with van der Waals surface area (Å²) in [5, 5.41) is 0. The Balaban J connectivity index is 1.95. The number of hydrogen-bond acceptors (Lipinski definition) is 2. The Morgan fingerprint density at radius 3 is 2.00 bits per heavy atom. The van der Waals surface area contributed by atoms with Gasteiger partial charge in [0.2, 0.25) is 5.91 Å². The van der Waals surface area contributed by atoms with Gasteiger partial charge in [-0.2, -0.15) is 0 Å². The Kier molecular flexibility index (Phi) is 4.56. The summed E-state index contributed by atoms with van der Waals surface area (Å²) >= 11 is 0. The van der Waals surface area contributed by atoms with Crippen LogP contribution < -0.4 is 0 Å². The zero-order valence-electron chi connectivity index (χ0n) is 13.0. The second kappa shape index (κ2) is 6.78. The van der Waals surface area contributed by atoms with Crippen LogP contribution in [0.25, 0.3) is 0 Å². The highest BCUT2D eigenvalue weighted by molar-refractivity contribution is 5.90. The van der Waals surface area contributed by atoms with Gasteiger partial charge < -0.3 is 4.90 Å². The van der Waals surface area contributed by atoms with Crippen LogP contribution in [0.1, 0.15) is 29.9 Å². The lowest BCUT2D eigenvalue weighted by Gasteiger charge is -2.35. The van der Waals surface area contributed by atoms with Crippen LogP contribution in [-0.2, 0) is 9.59 Å². The number of rotatable bonds is 3. The molecule has 3 rings (SSSR count). The van der Waals surface area contributed by atoms with Crippen molar-refractivity contribution in [3.8, 4) is 0 Å². The number of likely N-dealkylation sites (tertiary alicyclic amines) is 1. The Hall–Kier alpha value is -2.42. The molecule has 1 fully saturated rings. The maximum Gasteiger partial charge on any atom is 0.234 e. The number of carbonyl (C=O) groups is 2. The molecule has 2 aromatic carbocycles. The lowest BCUT2D eigenvalue weighted by atomic mass is 9.88. The van der Waals surface area contributed by atoms with E-state index in [2.05, 4.69) is 6.92 Å². The lowest BCUT2D eigenvalue weighted by molar-refractivity contribution is -0.137. The van der Waals surface area contributed by atoms with Gasteiger partial charge in [0, 0.05) is 25.4 Å². The quantitative estimate of drug-likeness (QED) is 0.873. The first-order valence-corrected chi connectivity index (χ1v) is 7.92. The number of ketones is 1.